The highest BCUT2D eigenvalue weighted by atomic mass is 35.5. The molecule has 21 aromatic rings. The minimum absolute atomic E-state index is 0.0471. The molecule has 0 saturated carbocycles. The van der Waals surface area contributed by atoms with Crippen LogP contribution in [0.4, 0.5) is 71.7 Å². The zero-order valence-electron chi connectivity index (χ0n) is 70.6. The molecule has 0 aliphatic rings. The van der Waals surface area contributed by atoms with Gasteiger partial charge in [-0.2, -0.15) is 19.9 Å². The van der Waals surface area contributed by atoms with E-state index in [-0.39, 0.29) is 39.7 Å². The molecular weight excluding hydrogens is 1740 g/mol. The lowest BCUT2D eigenvalue weighted by molar-refractivity contribution is 0.618. The van der Waals surface area contributed by atoms with Crippen LogP contribution in [-0.4, -0.2) is 79.7 Å². The van der Waals surface area contributed by atoms with E-state index in [0.717, 1.165) is 139 Å². The Hall–Kier alpha value is -17.3. The van der Waals surface area contributed by atoms with Crippen molar-refractivity contribution in [3.05, 3.63) is 360 Å². The first-order chi connectivity index (χ1) is 64.5. The molecule has 25 nitrogen and oxygen atoms in total. The lowest BCUT2D eigenvalue weighted by atomic mass is 9.97. The Morgan fingerprint density at radius 1 is 0.271 bits per heavy atom. The van der Waals surface area contributed by atoms with Crippen LogP contribution in [0.5, 0.6) is 0 Å². The number of nitrogen functional groups attached to an aromatic ring is 8. The van der Waals surface area contributed by atoms with Gasteiger partial charge in [0.2, 0.25) is 23.8 Å². The number of pyridine rings is 6. The van der Waals surface area contributed by atoms with Crippen molar-refractivity contribution in [2.24, 2.45) is 0 Å². The zero-order valence-corrected chi connectivity index (χ0v) is 72.8. The minimum atomic E-state index is -0.471. The van der Waals surface area contributed by atoms with E-state index in [1.807, 2.05) is 188 Å². The van der Waals surface area contributed by atoms with Crippen LogP contribution >= 0.6 is 34.8 Å². The predicted octanol–water partition coefficient (Wildman–Crippen LogP) is 22.6. The summed E-state index contributed by atoms with van der Waals surface area (Å²) in [5, 5.41) is 7.95. The van der Waals surface area contributed by atoms with Crippen molar-refractivity contribution in [3.63, 3.8) is 0 Å². The molecule has 650 valence electrons. The number of benzene rings is 10. The standard InChI is InChI=1S/C24H15ClFN5.C20H16FN5.C20H17N5.C19H13ClFN5.C19H14ClN5/c25-20-12-16(5-7-21(20)26)23-18(4-2-10-28-23)15-6-8-22-19(11-15)24(30-14-29-22)31-17-3-1-9-27-13-17;1-11-9-13(5-7-16(11)21)18-14(3-2-8-24-18)12-4-6-15-17(10-12)25-20(23)26-19(15)22;1-12-4-2-5-14(10-12)18-15(6-3-9-23-18)13-7-8-16-17(11-13)24-20(22)25-19(16)21;20-14-8-11(4-6-15(14)21)17-12(2-1-7-24-17)10-3-5-13-16(9-10)25-19(23)26-18(13)22;20-13-4-1-3-12(9-13)17-14(5-2-8-23-17)11-6-7-15-16(10-11)24-19(22)25-18(15)21/h1-14H,(H,29,30,31);2-10H,1H3,(H4,22,23,25,26);2-11H,1H3,(H4,21,22,24,25);1-9H,(H4,22,23,25,26);1-10H,(H4,21,22,24,25). The Morgan fingerprint density at radius 2 is 0.617 bits per heavy atom. The van der Waals surface area contributed by atoms with Crippen LogP contribution in [0.15, 0.2) is 317 Å². The molecule has 0 spiro atoms. The number of nitrogens with one attached hydrogen (secondary N) is 1. The minimum Gasteiger partial charge on any atom is -0.383 e. The van der Waals surface area contributed by atoms with Crippen molar-refractivity contribution in [1.82, 2.24) is 79.7 Å². The van der Waals surface area contributed by atoms with Gasteiger partial charge in [0.1, 0.15) is 52.9 Å². The van der Waals surface area contributed by atoms with E-state index in [4.69, 9.17) is 80.7 Å². The van der Waals surface area contributed by atoms with Gasteiger partial charge in [-0.05, 0) is 223 Å². The fourth-order valence-corrected chi connectivity index (χ4v) is 15.7. The summed E-state index contributed by atoms with van der Waals surface area (Å²) in [6.45, 7) is 3.81. The Bertz CT molecular complexity index is 7670. The van der Waals surface area contributed by atoms with Crippen molar-refractivity contribution in [2.45, 2.75) is 13.8 Å². The Balaban J connectivity index is 0.000000116. The number of hydrogen-bond donors (Lipinski definition) is 9. The first-order valence-electron chi connectivity index (χ1n) is 41.0. The molecule has 0 unspecified atom stereocenters. The van der Waals surface area contributed by atoms with Gasteiger partial charge in [-0.25, -0.2) is 43.1 Å². The molecule has 31 heteroatoms. The number of halogens is 6. The summed E-state index contributed by atoms with van der Waals surface area (Å²) in [5.74, 6) is 1.52. The van der Waals surface area contributed by atoms with Gasteiger partial charge in [-0.1, -0.05) is 131 Å². The van der Waals surface area contributed by atoms with Gasteiger partial charge in [-0.3, -0.25) is 29.9 Å². The molecule has 17 N–H and O–H groups in total. The summed E-state index contributed by atoms with van der Waals surface area (Å²) in [6, 6.07) is 82.1. The third kappa shape index (κ3) is 19.7. The van der Waals surface area contributed by atoms with Gasteiger partial charge in [0.15, 0.2) is 0 Å². The summed E-state index contributed by atoms with van der Waals surface area (Å²) in [7, 11) is 0. The molecule has 0 atom stereocenters. The fourth-order valence-electron chi connectivity index (χ4n) is 15.1. The smallest absolute Gasteiger partial charge is 0.222 e. The number of fused-ring (bicyclic) bond motifs is 5. The van der Waals surface area contributed by atoms with Crippen LogP contribution in [-0.2, 0) is 0 Å². The lowest BCUT2D eigenvalue weighted by Crippen LogP contribution is -2.00. The van der Waals surface area contributed by atoms with Crippen molar-refractivity contribution >= 4 is 148 Å². The van der Waals surface area contributed by atoms with Crippen molar-refractivity contribution in [2.75, 3.05) is 51.2 Å². The molecule has 0 bridgehead atoms. The van der Waals surface area contributed by atoms with Crippen molar-refractivity contribution < 1.29 is 13.2 Å². The molecule has 0 radical (unpaired) electrons. The van der Waals surface area contributed by atoms with E-state index in [2.05, 4.69) is 116 Å². The van der Waals surface area contributed by atoms with Gasteiger partial charge < -0.3 is 51.2 Å². The van der Waals surface area contributed by atoms with Crippen LogP contribution in [0, 0.1) is 31.3 Å². The highest BCUT2D eigenvalue weighted by Crippen LogP contribution is 2.41. The number of nitrogens with zero attached hydrogens (tertiary/aromatic N) is 16. The monoisotopic (exact) mass is 1810 g/mol. The Kier molecular flexibility index (Phi) is 25.5. The van der Waals surface area contributed by atoms with E-state index < -0.39 is 11.6 Å². The topological polar surface area (TPSA) is 426 Å². The summed E-state index contributed by atoms with van der Waals surface area (Å²) in [5.41, 5.74) is 70.3. The van der Waals surface area contributed by atoms with Crippen LogP contribution in [0.2, 0.25) is 15.1 Å². The Morgan fingerprint density at radius 3 is 0.985 bits per heavy atom. The molecule has 21 rings (SSSR count). The average Bonchev–Trinajstić information content (AvgIpc) is 0.788. The van der Waals surface area contributed by atoms with Gasteiger partial charge in [0.05, 0.1) is 78.0 Å². The molecule has 0 amide bonds. The molecular formula is C102H75Cl3F3N25. The molecule has 11 heterocycles. The second-order valence-corrected chi connectivity index (χ2v) is 31.5. The summed E-state index contributed by atoms with van der Waals surface area (Å²) in [4.78, 5) is 68.6. The molecule has 10 aromatic carbocycles. The third-order valence-corrected chi connectivity index (χ3v) is 22.1. The molecule has 0 aliphatic heterocycles. The summed E-state index contributed by atoms with van der Waals surface area (Å²) < 4.78 is 40.8. The van der Waals surface area contributed by atoms with Crippen LogP contribution in [0.25, 0.3) is 166 Å². The molecule has 0 fully saturated rings. The number of aromatic nitrogens is 16. The van der Waals surface area contributed by atoms with Crippen LogP contribution in [0.1, 0.15) is 11.1 Å². The van der Waals surface area contributed by atoms with E-state index in [1.54, 1.807) is 86.7 Å². The number of rotatable bonds is 12. The normalized spacial score (nSPS) is 10.9. The molecule has 133 heavy (non-hydrogen) atoms. The molecule has 0 aliphatic carbocycles. The number of nitrogens with two attached hydrogens (primary N) is 8. The lowest BCUT2D eigenvalue weighted by Gasteiger charge is -2.12. The van der Waals surface area contributed by atoms with E-state index in [0.29, 0.717) is 73.2 Å². The van der Waals surface area contributed by atoms with E-state index in [1.165, 1.54) is 30.1 Å². The summed E-state index contributed by atoms with van der Waals surface area (Å²) in [6.07, 6.45) is 13.6. The SMILES string of the molecule is Cc1cc(-c2ncccc2-c2ccc3c(N)nc(N)nc3c2)ccc1F.Cc1cccc(-c2ncccc2-c2ccc3c(N)nc(N)nc3c2)c1.Fc1ccc(-c2ncccc2-c2ccc3ncnc(Nc4cccnc4)c3c2)cc1Cl.Nc1nc(N)c2ccc(-c3cccnc3-c3ccc(F)c(Cl)c3)cc2n1.Nc1nc(N)c2ccc(-c3cccnc3-c3cccc(Cl)c3)cc2n1. The second-order valence-electron chi connectivity index (χ2n) is 30.2. The van der Waals surface area contributed by atoms with Crippen LogP contribution in [0.3, 0.4) is 0 Å². The Labute approximate surface area is 773 Å². The van der Waals surface area contributed by atoms with Crippen molar-refractivity contribution in [3.8, 4) is 112 Å². The maximum atomic E-state index is 13.7. The highest BCUT2D eigenvalue weighted by Gasteiger charge is 2.21. The quantitative estimate of drug-likeness (QED) is 0.0548. The summed E-state index contributed by atoms with van der Waals surface area (Å²) >= 11 is 18.1. The highest BCUT2D eigenvalue weighted by molar-refractivity contribution is 6.31. The van der Waals surface area contributed by atoms with Gasteiger partial charge in [-0.15, -0.1) is 0 Å². The van der Waals surface area contributed by atoms with Gasteiger partial charge in [0, 0.05) is 125 Å². The third-order valence-electron chi connectivity index (χ3n) is 21.3. The van der Waals surface area contributed by atoms with Gasteiger partial charge in [0.25, 0.3) is 0 Å². The first kappa shape index (κ1) is 87.7. The number of aryl methyl sites for hydroxylation is 2. The maximum absolute atomic E-state index is 13.7. The van der Waals surface area contributed by atoms with Crippen LogP contribution < -0.4 is 51.2 Å². The number of anilines is 10. The number of hydrogen-bond acceptors (Lipinski definition) is 25. The molecule has 11 aromatic heterocycles. The molecule has 0 saturated heterocycles. The maximum Gasteiger partial charge on any atom is 0.222 e. The van der Waals surface area contributed by atoms with Gasteiger partial charge >= 0.3 is 0 Å². The predicted molar refractivity (Wildman–Crippen MR) is 528 cm³/mol. The second kappa shape index (κ2) is 38.7. The van der Waals surface area contributed by atoms with E-state index >= 15 is 0 Å². The van der Waals surface area contributed by atoms with Crippen molar-refractivity contribution in [1.29, 1.82) is 0 Å². The fraction of sp³-hybridized carbons (Fsp3) is 0.0196. The average molecular weight is 1810 g/mol. The zero-order chi connectivity index (χ0) is 92.5. The van der Waals surface area contributed by atoms with E-state index in [9.17, 15) is 13.2 Å². The first-order valence-corrected chi connectivity index (χ1v) is 42.1. The largest absolute Gasteiger partial charge is 0.383 e.